The highest BCUT2D eigenvalue weighted by Crippen LogP contribution is 2.66. The molecule has 7 nitrogen and oxygen atoms in total. The lowest BCUT2D eigenvalue weighted by atomic mass is 9.91. The van der Waals surface area contributed by atoms with Crippen LogP contribution in [0.2, 0.25) is 0 Å². The lowest BCUT2D eigenvalue weighted by Gasteiger charge is -2.12. The van der Waals surface area contributed by atoms with E-state index in [0.29, 0.717) is 24.2 Å². The minimum absolute atomic E-state index is 0.0340. The van der Waals surface area contributed by atoms with Gasteiger partial charge in [-0.15, -0.1) is 0 Å². The van der Waals surface area contributed by atoms with E-state index in [-0.39, 0.29) is 23.3 Å². The molecule has 1 spiro atoms. The molecule has 1 saturated carbocycles. The first-order chi connectivity index (χ1) is 13.9. The molecule has 0 unspecified atom stereocenters. The molecular formula is C22H22N4O3. The molecule has 2 aromatic heterocycles. The van der Waals surface area contributed by atoms with Crippen LogP contribution in [0.3, 0.4) is 0 Å². The Morgan fingerprint density at radius 2 is 2.03 bits per heavy atom. The molecule has 2 amide bonds. The average Bonchev–Trinajstić information content (AvgIpc) is 3.24. The zero-order valence-corrected chi connectivity index (χ0v) is 16.6. The molecule has 2 aliphatic rings. The summed E-state index contributed by atoms with van der Waals surface area (Å²) in [7, 11) is 3.51. The Morgan fingerprint density at radius 3 is 2.79 bits per heavy atom. The fourth-order valence-electron chi connectivity index (χ4n) is 4.86. The van der Waals surface area contributed by atoms with Crippen LogP contribution in [0.5, 0.6) is 0 Å². The van der Waals surface area contributed by atoms with Crippen LogP contribution < -0.4 is 15.8 Å². The molecule has 3 aromatic rings. The topological polar surface area (TPSA) is 87.2 Å². The second kappa shape index (κ2) is 5.83. The first-order valence-corrected chi connectivity index (χ1v) is 9.78. The molecule has 148 valence electrons. The Kier molecular flexibility index (Phi) is 3.56. The van der Waals surface area contributed by atoms with E-state index in [1.54, 1.807) is 18.0 Å². The van der Waals surface area contributed by atoms with Crippen molar-refractivity contribution in [3.05, 3.63) is 63.7 Å². The van der Waals surface area contributed by atoms with Crippen LogP contribution in [0.25, 0.3) is 10.9 Å². The molecule has 0 saturated heterocycles. The molecule has 1 aromatic carbocycles. The van der Waals surface area contributed by atoms with Crippen molar-refractivity contribution in [2.24, 2.45) is 7.05 Å². The standard InChI is InChI=1S/C22H22N4O3/c1-4-23-19(27)16-9-12-13(11-25(2)20(28)18(12)24-16)15-10-22(15)14-7-5-6-8-17(14)26(3)21(22)29/h5-9,11,15,24H,4,10H2,1-3H3,(H,23,27)/t15-,22-/m1/s1. The van der Waals surface area contributed by atoms with Crippen molar-refractivity contribution in [1.29, 1.82) is 0 Å². The van der Waals surface area contributed by atoms with Crippen molar-refractivity contribution in [2.75, 3.05) is 18.5 Å². The van der Waals surface area contributed by atoms with Gasteiger partial charge in [0, 0.05) is 43.8 Å². The number of pyridine rings is 1. The first-order valence-electron chi connectivity index (χ1n) is 9.78. The second-order valence-electron chi connectivity index (χ2n) is 7.94. The third kappa shape index (κ3) is 2.21. The number of anilines is 1. The summed E-state index contributed by atoms with van der Waals surface area (Å²) in [5.41, 5.74) is 2.89. The van der Waals surface area contributed by atoms with Crippen LogP contribution in [0.15, 0.2) is 41.3 Å². The number of nitrogens with one attached hydrogen (secondary N) is 2. The highest BCUT2D eigenvalue weighted by atomic mass is 16.2. The number of aromatic amines is 1. The van der Waals surface area contributed by atoms with Crippen LogP contribution in [0.4, 0.5) is 5.69 Å². The smallest absolute Gasteiger partial charge is 0.274 e. The number of carbonyl (C=O) groups is 2. The largest absolute Gasteiger partial charge is 0.351 e. The van der Waals surface area contributed by atoms with Crippen LogP contribution in [-0.4, -0.2) is 35.0 Å². The van der Waals surface area contributed by atoms with Crippen molar-refractivity contribution in [3.8, 4) is 0 Å². The Labute approximate surface area is 167 Å². The summed E-state index contributed by atoms with van der Waals surface area (Å²) in [6, 6.07) is 9.62. The van der Waals surface area contributed by atoms with Crippen LogP contribution in [0.1, 0.15) is 40.9 Å². The third-order valence-electron chi connectivity index (χ3n) is 6.35. The summed E-state index contributed by atoms with van der Waals surface area (Å²) in [5.74, 6) is -0.192. The number of likely N-dealkylation sites (N-methyl/N-ethyl adjacent to an activating group) is 1. The van der Waals surface area contributed by atoms with E-state index in [9.17, 15) is 14.4 Å². The molecule has 1 fully saturated rings. The van der Waals surface area contributed by atoms with Gasteiger partial charge in [0.1, 0.15) is 11.2 Å². The van der Waals surface area contributed by atoms with Gasteiger partial charge in [0.25, 0.3) is 11.5 Å². The Hall–Kier alpha value is -3.35. The van der Waals surface area contributed by atoms with E-state index in [4.69, 9.17) is 0 Å². The van der Waals surface area contributed by atoms with Crippen molar-refractivity contribution in [1.82, 2.24) is 14.9 Å². The van der Waals surface area contributed by atoms with Crippen molar-refractivity contribution in [2.45, 2.75) is 24.7 Å². The van der Waals surface area contributed by atoms with Gasteiger partial charge in [-0.3, -0.25) is 14.4 Å². The summed E-state index contributed by atoms with van der Waals surface area (Å²) in [4.78, 5) is 42.9. The summed E-state index contributed by atoms with van der Waals surface area (Å²) >= 11 is 0. The fraction of sp³-hybridized carbons (Fsp3) is 0.318. The maximum absolute atomic E-state index is 13.2. The monoisotopic (exact) mass is 390 g/mol. The summed E-state index contributed by atoms with van der Waals surface area (Å²) < 4.78 is 1.52. The molecule has 2 N–H and O–H groups in total. The predicted octanol–water partition coefficient (Wildman–Crippen LogP) is 2.02. The molecule has 29 heavy (non-hydrogen) atoms. The van der Waals surface area contributed by atoms with Gasteiger partial charge in [0.05, 0.1) is 5.41 Å². The van der Waals surface area contributed by atoms with E-state index in [2.05, 4.69) is 10.3 Å². The van der Waals surface area contributed by atoms with Gasteiger partial charge in [-0.05, 0) is 36.6 Å². The van der Waals surface area contributed by atoms with E-state index in [1.165, 1.54) is 4.57 Å². The zero-order chi connectivity index (χ0) is 20.5. The summed E-state index contributed by atoms with van der Waals surface area (Å²) in [5, 5.41) is 3.47. The van der Waals surface area contributed by atoms with Gasteiger partial charge < -0.3 is 19.8 Å². The minimum Gasteiger partial charge on any atom is -0.351 e. The number of amides is 2. The Morgan fingerprint density at radius 1 is 1.28 bits per heavy atom. The number of rotatable bonds is 3. The number of para-hydroxylation sites is 1. The van der Waals surface area contributed by atoms with Gasteiger partial charge >= 0.3 is 0 Å². The lowest BCUT2D eigenvalue weighted by Crippen LogP contribution is -2.29. The second-order valence-corrected chi connectivity index (χ2v) is 7.94. The quantitative estimate of drug-likeness (QED) is 0.717. The zero-order valence-electron chi connectivity index (χ0n) is 16.6. The summed E-state index contributed by atoms with van der Waals surface area (Å²) in [6.45, 7) is 2.35. The van der Waals surface area contributed by atoms with Crippen molar-refractivity contribution >= 4 is 28.4 Å². The number of aryl methyl sites for hydroxylation is 1. The molecule has 5 rings (SSSR count). The molecule has 7 heteroatoms. The molecule has 1 aliphatic carbocycles. The SMILES string of the molecule is CCNC(=O)c1cc2c([C@H]3C[C@]34C(=O)N(C)c3ccccc34)cn(C)c(=O)c2[nH]1. The highest BCUT2D eigenvalue weighted by molar-refractivity contribution is 6.11. The maximum Gasteiger partial charge on any atom is 0.274 e. The lowest BCUT2D eigenvalue weighted by molar-refractivity contribution is -0.120. The van der Waals surface area contributed by atoms with Crippen LogP contribution in [-0.2, 0) is 17.3 Å². The number of fused-ring (bicyclic) bond motifs is 3. The predicted molar refractivity (Wildman–Crippen MR) is 110 cm³/mol. The Balaban J connectivity index is 1.68. The Bertz CT molecular complexity index is 1250. The van der Waals surface area contributed by atoms with Gasteiger partial charge in [0.15, 0.2) is 0 Å². The molecule has 2 atom stereocenters. The maximum atomic E-state index is 13.2. The van der Waals surface area contributed by atoms with E-state index in [0.717, 1.165) is 22.2 Å². The molecular weight excluding hydrogens is 368 g/mol. The number of nitrogens with zero attached hydrogens (tertiary/aromatic N) is 2. The molecule has 0 radical (unpaired) electrons. The van der Waals surface area contributed by atoms with E-state index in [1.807, 2.05) is 44.4 Å². The number of aromatic nitrogens is 2. The van der Waals surface area contributed by atoms with Gasteiger partial charge in [0.2, 0.25) is 5.91 Å². The molecule has 3 heterocycles. The van der Waals surface area contributed by atoms with E-state index < -0.39 is 5.41 Å². The third-order valence-corrected chi connectivity index (χ3v) is 6.35. The normalized spacial score (nSPS) is 22.4. The van der Waals surface area contributed by atoms with Gasteiger partial charge in [-0.2, -0.15) is 0 Å². The fourth-order valence-corrected chi connectivity index (χ4v) is 4.86. The number of carbonyl (C=O) groups excluding carboxylic acids is 2. The molecule has 0 bridgehead atoms. The van der Waals surface area contributed by atoms with Gasteiger partial charge in [-0.25, -0.2) is 0 Å². The first kappa shape index (κ1) is 17.7. The highest BCUT2D eigenvalue weighted by Gasteiger charge is 2.67. The number of H-pyrrole nitrogens is 1. The van der Waals surface area contributed by atoms with Crippen LogP contribution in [0, 0.1) is 0 Å². The van der Waals surface area contributed by atoms with Crippen molar-refractivity contribution in [3.63, 3.8) is 0 Å². The number of hydrogen-bond donors (Lipinski definition) is 2. The number of hydrogen-bond acceptors (Lipinski definition) is 3. The molecule has 1 aliphatic heterocycles. The van der Waals surface area contributed by atoms with Crippen LogP contribution >= 0.6 is 0 Å². The van der Waals surface area contributed by atoms with Crippen molar-refractivity contribution < 1.29 is 9.59 Å². The summed E-state index contributed by atoms with van der Waals surface area (Å²) in [6.07, 6.45) is 2.51. The van der Waals surface area contributed by atoms with E-state index >= 15 is 0 Å². The average molecular weight is 390 g/mol. The minimum atomic E-state index is -0.585. The van der Waals surface area contributed by atoms with Gasteiger partial charge in [-0.1, -0.05) is 18.2 Å². The number of benzene rings is 1.